The van der Waals surface area contributed by atoms with Crippen molar-refractivity contribution in [3.63, 3.8) is 0 Å². The molecule has 0 aromatic heterocycles. The molecule has 0 aliphatic carbocycles. The molecule has 0 saturated carbocycles. The zero-order valence-electron chi connectivity index (χ0n) is 9.76. The molecule has 5 heteroatoms. The molecule has 1 N–H and O–H groups in total. The first-order valence-corrected chi connectivity index (χ1v) is 7.03. The fraction of sp³-hybridized carbons (Fsp3) is 0. The molecule has 19 heavy (non-hydrogen) atoms. The van der Waals surface area contributed by atoms with Crippen LogP contribution in [0.3, 0.4) is 0 Å². The van der Waals surface area contributed by atoms with Crippen molar-refractivity contribution in [1.29, 1.82) is 5.26 Å². The average molecular weight is 333 g/mol. The summed E-state index contributed by atoms with van der Waals surface area (Å²) in [4.78, 5) is 12.8. The van der Waals surface area contributed by atoms with Gasteiger partial charge in [0.15, 0.2) is 0 Å². The molecule has 3 nitrogen and oxygen atoms in total. The van der Waals surface area contributed by atoms with Crippen LogP contribution in [0.1, 0.15) is 10.4 Å². The van der Waals surface area contributed by atoms with Gasteiger partial charge in [-0.05, 0) is 54.2 Å². The highest BCUT2D eigenvalue weighted by atomic mass is 79.9. The number of hydrogen-bond donors (Lipinski definition) is 1. The molecule has 0 heterocycles. The van der Waals surface area contributed by atoms with E-state index in [2.05, 4.69) is 21.2 Å². The fourth-order valence-corrected chi connectivity index (χ4v) is 2.27. The third-order valence-electron chi connectivity index (χ3n) is 2.36. The number of halogens is 1. The fourth-order valence-electron chi connectivity index (χ4n) is 1.49. The predicted molar refractivity (Wildman–Crippen MR) is 80.0 cm³/mol. The minimum Gasteiger partial charge on any atom is -0.322 e. The van der Waals surface area contributed by atoms with Gasteiger partial charge in [-0.3, -0.25) is 4.79 Å². The molecular weight excluding hydrogens is 324 g/mol. The first kappa shape index (κ1) is 13.7. The number of carbonyl (C=O) groups excluding carboxylic acids is 1. The van der Waals surface area contributed by atoms with Crippen LogP contribution in [0.25, 0.3) is 0 Å². The Morgan fingerprint density at radius 2 is 1.95 bits per heavy atom. The van der Waals surface area contributed by atoms with Crippen LogP contribution in [-0.4, -0.2) is 5.91 Å². The molecule has 94 valence electrons. The number of nitriles is 1. The highest BCUT2D eigenvalue weighted by molar-refractivity contribution is 9.10. The summed E-state index contributed by atoms with van der Waals surface area (Å²) < 4.78 is 0.862. The first-order chi connectivity index (χ1) is 9.19. The van der Waals surface area contributed by atoms with Crippen molar-refractivity contribution in [2.75, 3.05) is 5.32 Å². The van der Waals surface area contributed by atoms with Gasteiger partial charge in [0.25, 0.3) is 5.91 Å². The second kappa shape index (κ2) is 6.41. The third kappa shape index (κ3) is 3.85. The minimum atomic E-state index is -0.165. The van der Waals surface area contributed by atoms with Crippen LogP contribution in [-0.2, 0) is 0 Å². The molecule has 0 unspecified atom stereocenters. The van der Waals surface area contributed by atoms with E-state index in [-0.39, 0.29) is 5.91 Å². The van der Waals surface area contributed by atoms with Crippen LogP contribution < -0.4 is 5.32 Å². The second-order valence-electron chi connectivity index (χ2n) is 3.68. The Bertz CT molecular complexity index is 635. The number of thioether (sulfide) groups is 1. The van der Waals surface area contributed by atoms with Gasteiger partial charge in [-0.15, -0.1) is 0 Å². The lowest BCUT2D eigenvalue weighted by molar-refractivity contribution is 0.102. The van der Waals surface area contributed by atoms with E-state index in [1.807, 2.05) is 17.5 Å². The Kier molecular flexibility index (Phi) is 4.61. The van der Waals surface area contributed by atoms with Crippen LogP contribution in [0.5, 0.6) is 0 Å². The summed E-state index contributed by atoms with van der Waals surface area (Å²) in [5.41, 5.74) is 1.29. The van der Waals surface area contributed by atoms with Gasteiger partial charge in [-0.2, -0.15) is 5.26 Å². The predicted octanol–water partition coefficient (Wildman–Crippen LogP) is 4.27. The molecule has 0 saturated heterocycles. The van der Waals surface area contributed by atoms with Crippen LogP contribution >= 0.6 is 27.7 Å². The van der Waals surface area contributed by atoms with E-state index in [1.54, 1.807) is 36.4 Å². The number of amides is 1. The van der Waals surface area contributed by atoms with Crippen molar-refractivity contribution in [2.24, 2.45) is 0 Å². The van der Waals surface area contributed by atoms with Crippen molar-refractivity contribution in [1.82, 2.24) is 0 Å². The number of benzene rings is 2. The minimum absolute atomic E-state index is 0.165. The molecule has 0 atom stereocenters. The molecular formula is C14H9BrN2OS. The standard InChI is InChI=1S/C14H9BrN2OS/c15-11-3-1-2-10(8-11)14(18)17-12-4-6-13(7-5-12)19-9-16/h1-8H,(H,17,18). The van der Waals surface area contributed by atoms with E-state index < -0.39 is 0 Å². The lowest BCUT2D eigenvalue weighted by atomic mass is 10.2. The molecule has 0 radical (unpaired) electrons. The van der Waals surface area contributed by atoms with E-state index >= 15 is 0 Å². The average Bonchev–Trinajstić information content (AvgIpc) is 2.41. The Morgan fingerprint density at radius 3 is 2.58 bits per heavy atom. The number of hydrogen-bond acceptors (Lipinski definition) is 3. The van der Waals surface area contributed by atoms with Crippen LogP contribution in [0, 0.1) is 10.7 Å². The third-order valence-corrected chi connectivity index (χ3v) is 3.45. The molecule has 2 aromatic carbocycles. The molecule has 0 bridgehead atoms. The quantitative estimate of drug-likeness (QED) is 0.674. The molecule has 0 aliphatic heterocycles. The monoisotopic (exact) mass is 332 g/mol. The number of rotatable bonds is 3. The van der Waals surface area contributed by atoms with Crippen molar-refractivity contribution in [3.05, 3.63) is 58.6 Å². The van der Waals surface area contributed by atoms with Crippen molar-refractivity contribution < 1.29 is 4.79 Å². The maximum absolute atomic E-state index is 12.0. The molecule has 0 aliphatic rings. The highest BCUT2D eigenvalue weighted by Crippen LogP contribution is 2.20. The van der Waals surface area contributed by atoms with Gasteiger partial charge in [-0.25, -0.2) is 0 Å². The van der Waals surface area contributed by atoms with E-state index in [1.165, 1.54) is 0 Å². The van der Waals surface area contributed by atoms with Crippen LogP contribution in [0.15, 0.2) is 57.9 Å². The number of nitrogens with zero attached hydrogens (tertiary/aromatic N) is 1. The Balaban J connectivity index is 2.09. The second-order valence-corrected chi connectivity index (χ2v) is 5.46. The Labute approximate surface area is 123 Å². The van der Waals surface area contributed by atoms with Gasteiger partial charge in [0.2, 0.25) is 0 Å². The summed E-state index contributed by atoms with van der Waals surface area (Å²) in [6.07, 6.45) is 0. The smallest absolute Gasteiger partial charge is 0.255 e. The molecule has 2 rings (SSSR count). The van der Waals surface area contributed by atoms with Crippen LogP contribution in [0.2, 0.25) is 0 Å². The lowest BCUT2D eigenvalue weighted by Crippen LogP contribution is -2.11. The maximum Gasteiger partial charge on any atom is 0.255 e. The van der Waals surface area contributed by atoms with Gasteiger partial charge >= 0.3 is 0 Å². The van der Waals surface area contributed by atoms with Gasteiger partial charge < -0.3 is 5.32 Å². The number of carbonyl (C=O) groups is 1. The SMILES string of the molecule is N#CSc1ccc(NC(=O)c2cccc(Br)c2)cc1. The topological polar surface area (TPSA) is 52.9 Å². The van der Waals surface area contributed by atoms with Crippen molar-refractivity contribution in [2.45, 2.75) is 4.90 Å². The number of nitrogens with one attached hydrogen (secondary N) is 1. The van der Waals surface area contributed by atoms with Gasteiger partial charge in [-0.1, -0.05) is 22.0 Å². The summed E-state index contributed by atoms with van der Waals surface area (Å²) in [5.74, 6) is -0.165. The molecule has 0 fully saturated rings. The summed E-state index contributed by atoms with van der Waals surface area (Å²) in [5, 5.41) is 13.4. The summed E-state index contributed by atoms with van der Waals surface area (Å²) in [6, 6.07) is 14.3. The number of anilines is 1. The van der Waals surface area contributed by atoms with Crippen LogP contribution in [0.4, 0.5) is 5.69 Å². The zero-order valence-corrected chi connectivity index (χ0v) is 12.2. The van der Waals surface area contributed by atoms with E-state index in [0.29, 0.717) is 11.3 Å². The van der Waals surface area contributed by atoms with Gasteiger partial charge in [0, 0.05) is 20.6 Å². The van der Waals surface area contributed by atoms with E-state index in [0.717, 1.165) is 21.1 Å². The molecule has 1 amide bonds. The summed E-state index contributed by atoms with van der Waals surface area (Å²) in [6.45, 7) is 0. The Hall–Kier alpha value is -1.77. The summed E-state index contributed by atoms with van der Waals surface area (Å²) >= 11 is 4.42. The lowest BCUT2D eigenvalue weighted by Gasteiger charge is -2.06. The molecule has 0 spiro atoms. The first-order valence-electron chi connectivity index (χ1n) is 5.42. The zero-order chi connectivity index (χ0) is 13.7. The largest absolute Gasteiger partial charge is 0.322 e. The van der Waals surface area contributed by atoms with E-state index in [9.17, 15) is 4.79 Å². The number of thiocyanates is 1. The van der Waals surface area contributed by atoms with Gasteiger partial charge in [0.1, 0.15) is 5.40 Å². The van der Waals surface area contributed by atoms with Crippen molar-refractivity contribution >= 4 is 39.3 Å². The maximum atomic E-state index is 12.0. The summed E-state index contributed by atoms with van der Waals surface area (Å²) in [7, 11) is 0. The van der Waals surface area contributed by atoms with Crippen molar-refractivity contribution in [3.8, 4) is 5.40 Å². The van der Waals surface area contributed by atoms with Gasteiger partial charge in [0.05, 0.1) is 0 Å². The normalized spacial score (nSPS) is 9.68. The Morgan fingerprint density at radius 1 is 1.21 bits per heavy atom. The highest BCUT2D eigenvalue weighted by Gasteiger charge is 2.06. The molecule has 2 aromatic rings. The van der Waals surface area contributed by atoms with E-state index in [4.69, 9.17) is 5.26 Å².